The van der Waals surface area contributed by atoms with E-state index in [9.17, 15) is 8.42 Å². The summed E-state index contributed by atoms with van der Waals surface area (Å²) in [5, 5.41) is 0.826. The normalized spacial score (nSPS) is 11.6. The van der Waals surface area contributed by atoms with Crippen LogP contribution in [-0.2, 0) is 9.84 Å². The Hall–Kier alpha value is -3.83. The molecule has 34 heavy (non-hydrogen) atoms. The molecule has 5 rings (SSSR count). The van der Waals surface area contributed by atoms with Gasteiger partial charge in [0.25, 0.3) is 0 Å². The fraction of sp³-hybridized carbons (Fsp3) is 0.0870. The van der Waals surface area contributed by atoms with E-state index in [-0.39, 0.29) is 10.8 Å². The molecule has 0 spiro atoms. The van der Waals surface area contributed by atoms with Gasteiger partial charge in [-0.2, -0.15) is 0 Å². The molecule has 4 aromatic heterocycles. The topological polar surface area (TPSA) is 124 Å². The lowest BCUT2D eigenvalue weighted by Gasteiger charge is -2.09. The van der Waals surface area contributed by atoms with E-state index in [1.165, 1.54) is 24.0 Å². The number of imidazole rings is 1. The highest BCUT2D eigenvalue weighted by Gasteiger charge is 2.16. The van der Waals surface area contributed by atoms with E-state index in [0.29, 0.717) is 23.0 Å². The van der Waals surface area contributed by atoms with Crippen LogP contribution in [0.1, 0.15) is 6.92 Å². The predicted octanol–water partition coefficient (Wildman–Crippen LogP) is 4.55. The molecule has 0 saturated heterocycles. The van der Waals surface area contributed by atoms with Gasteiger partial charge in [-0.25, -0.2) is 28.4 Å². The first-order valence-corrected chi connectivity index (χ1v) is 12.7. The Morgan fingerprint density at radius 2 is 1.88 bits per heavy atom. The van der Waals surface area contributed by atoms with Crippen LogP contribution in [0.4, 0.5) is 0 Å². The van der Waals surface area contributed by atoms with E-state index in [0.717, 1.165) is 21.0 Å². The van der Waals surface area contributed by atoms with Crippen molar-refractivity contribution in [2.75, 3.05) is 5.75 Å². The van der Waals surface area contributed by atoms with Gasteiger partial charge in [0.1, 0.15) is 27.7 Å². The molecule has 4 heterocycles. The molecular weight excluding hydrogens is 472 g/mol. The minimum absolute atomic E-state index is 0.0150. The van der Waals surface area contributed by atoms with Crippen LogP contribution in [0.15, 0.2) is 88.4 Å². The zero-order chi connectivity index (χ0) is 23.5. The van der Waals surface area contributed by atoms with Gasteiger partial charge in [0, 0.05) is 29.6 Å². The van der Waals surface area contributed by atoms with Crippen LogP contribution >= 0.6 is 11.8 Å². The first-order chi connectivity index (χ1) is 16.5. The summed E-state index contributed by atoms with van der Waals surface area (Å²) >= 11 is 1.45. The van der Waals surface area contributed by atoms with Crippen molar-refractivity contribution in [3.63, 3.8) is 0 Å². The standard InChI is InChI=1S/C23H18N6O3S2/c1-2-34(30,31)21-7-6-15(13-27-21)32-16-11-17-22(19(12-16)33-20-5-3-4-8-26-20)29-23(28-17)18-14-24-9-10-25-18/h3-14H,2H2,1H3,(H,28,29). The van der Waals surface area contributed by atoms with E-state index in [4.69, 9.17) is 9.72 Å². The van der Waals surface area contributed by atoms with E-state index >= 15 is 0 Å². The Balaban J connectivity index is 1.54. The lowest BCUT2D eigenvalue weighted by atomic mass is 10.3. The Morgan fingerprint density at radius 3 is 2.59 bits per heavy atom. The Kier molecular flexibility index (Phi) is 5.95. The Morgan fingerprint density at radius 1 is 0.971 bits per heavy atom. The Labute approximate surface area is 199 Å². The molecule has 5 aromatic rings. The van der Waals surface area contributed by atoms with Gasteiger partial charge in [-0.3, -0.25) is 4.98 Å². The summed E-state index contributed by atoms with van der Waals surface area (Å²) in [5.74, 6) is 1.52. The molecule has 11 heteroatoms. The van der Waals surface area contributed by atoms with Crippen LogP contribution in [0.5, 0.6) is 11.5 Å². The molecule has 0 aliphatic rings. The van der Waals surface area contributed by atoms with Gasteiger partial charge in [0.2, 0.25) is 0 Å². The number of rotatable bonds is 7. The smallest absolute Gasteiger partial charge is 0.195 e. The number of fused-ring (bicyclic) bond motifs is 1. The SMILES string of the molecule is CCS(=O)(=O)c1ccc(Oc2cc(Sc3ccccn3)c3nc(-c4cnccn4)[nH]c3c2)cn1. The van der Waals surface area contributed by atoms with Gasteiger partial charge in [-0.05, 0) is 30.3 Å². The minimum atomic E-state index is -3.38. The minimum Gasteiger partial charge on any atom is -0.456 e. The second-order valence-corrected chi connectivity index (χ2v) is 10.4. The van der Waals surface area contributed by atoms with Crippen LogP contribution < -0.4 is 4.74 Å². The van der Waals surface area contributed by atoms with Gasteiger partial charge in [-0.15, -0.1) is 0 Å². The van der Waals surface area contributed by atoms with Gasteiger partial charge >= 0.3 is 0 Å². The third-order valence-corrected chi connectivity index (χ3v) is 7.45. The number of nitrogens with zero attached hydrogens (tertiary/aromatic N) is 5. The van der Waals surface area contributed by atoms with Crippen molar-refractivity contribution < 1.29 is 13.2 Å². The third-order valence-electron chi connectivity index (χ3n) is 4.83. The quantitative estimate of drug-likeness (QED) is 0.350. The maximum absolute atomic E-state index is 12.0. The van der Waals surface area contributed by atoms with Crippen molar-refractivity contribution in [2.45, 2.75) is 21.9 Å². The number of sulfone groups is 1. The lowest BCUT2D eigenvalue weighted by Crippen LogP contribution is -2.05. The second-order valence-electron chi connectivity index (χ2n) is 7.10. The monoisotopic (exact) mass is 490 g/mol. The highest BCUT2D eigenvalue weighted by Crippen LogP contribution is 2.37. The van der Waals surface area contributed by atoms with Gasteiger partial charge in [-0.1, -0.05) is 24.8 Å². The summed E-state index contributed by atoms with van der Waals surface area (Å²) in [5.41, 5.74) is 2.10. The van der Waals surface area contributed by atoms with E-state index in [1.54, 1.807) is 37.8 Å². The van der Waals surface area contributed by atoms with Crippen molar-refractivity contribution >= 4 is 32.6 Å². The van der Waals surface area contributed by atoms with Crippen molar-refractivity contribution in [1.82, 2.24) is 29.9 Å². The maximum Gasteiger partial charge on any atom is 0.195 e. The molecule has 9 nitrogen and oxygen atoms in total. The number of H-pyrrole nitrogens is 1. The molecule has 0 saturated carbocycles. The molecule has 0 bridgehead atoms. The largest absolute Gasteiger partial charge is 0.456 e. The maximum atomic E-state index is 12.0. The summed E-state index contributed by atoms with van der Waals surface area (Å²) in [4.78, 5) is 25.7. The van der Waals surface area contributed by atoms with Gasteiger partial charge in [0.05, 0.1) is 23.7 Å². The molecule has 0 radical (unpaired) electrons. The van der Waals surface area contributed by atoms with Crippen LogP contribution in [0.2, 0.25) is 0 Å². The summed E-state index contributed by atoms with van der Waals surface area (Å²) in [7, 11) is -3.38. The number of hydrogen-bond donors (Lipinski definition) is 1. The number of aromatic nitrogens is 6. The Bertz CT molecular complexity index is 1540. The van der Waals surface area contributed by atoms with Gasteiger partial charge in [0.15, 0.2) is 20.7 Å². The molecule has 0 atom stereocenters. The number of hydrogen-bond acceptors (Lipinski definition) is 9. The lowest BCUT2D eigenvalue weighted by molar-refractivity contribution is 0.478. The molecular formula is C23H18N6O3S2. The van der Waals surface area contributed by atoms with Crippen LogP contribution in [-0.4, -0.2) is 44.1 Å². The number of aromatic amines is 1. The molecule has 0 aliphatic heterocycles. The van der Waals surface area contributed by atoms with Crippen molar-refractivity contribution in [2.24, 2.45) is 0 Å². The number of nitrogens with one attached hydrogen (secondary N) is 1. The average molecular weight is 491 g/mol. The zero-order valence-corrected chi connectivity index (χ0v) is 19.5. The molecule has 170 valence electrons. The van der Waals surface area contributed by atoms with Crippen molar-refractivity contribution in [1.29, 1.82) is 0 Å². The highest BCUT2D eigenvalue weighted by atomic mass is 32.2. The summed E-state index contributed by atoms with van der Waals surface area (Å²) in [6.07, 6.45) is 7.98. The molecule has 1 N–H and O–H groups in total. The fourth-order valence-electron chi connectivity index (χ4n) is 3.16. The zero-order valence-electron chi connectivity index (χ0n) is 17.9. The number of pyridine rings is 2. The average Bonchev–Trinajstić information content (AvgIpc) is 3.30. The molecule has 1 aromatic carbocycles. The van der Waals surface area contributed by atoms with Crippen LogP contribution in [0.3, 0.4) is 0 Å². The summed E-state index contributed by atoms with van der Waals surface area (Å²) in [6, 6.07) is 12.4. The van der Waals surface area contributed by atoms with Crippen molar-refractivity contribution in [3.05, 3.63) is 73.4 Å². The fourth-order valence-corrected chi connectivity index (χ4v) is 4.85. The number of benzene rings is 1. The van der Waals surface area contributed by atoms with Gasteiger partial charge < -0.3 is 9.72 Å². The molecule has 0 unspecified atom stereocenters. The van der Waals surface area contributed by atoms with Crippen LogP contribution in [0, 0.1) is 0 Å². The molecule has 0 fully saturated rings. The second kappa shape index (κ2) is 9.20. The summed E-state index contributed by atoms with van der Waals surface area (Å²) in [6.45, 7) is 1.58. The molecule has 0 aliphatic carbocycles. The number of ether oxygens (including phenoxy) is 1. The van der Waals surface area contributed by atoms with E-state index in [2.05, 4.69) is 24.9 Å². The highest BCUT2D eigenvalue weighted by molar-refractivity contribution is 7.99. The predicted molar refractivity (Wildman–Crippen MR) is 128 cm³/mol. The summed E-state index contributed by atoms with van der Waals surface area (Å²) < 4.78 is 30.1. The third kappa shape index (κ3) is 4.61. The molecule has 0 amide bonds. The van der Waals surface area contributed by atoms with Crippen LogP contribution in [0.25, 0.3) is 22.6 Å². The first-order valence-electron chi connectivity index (χ1n) is 10.3. The van der Waals surface area contributed by atoms with Crippen molar-refractivity contribution in [3.8, 4) is 23.0 Å². The first kappa shape index (κ1) is 22.0. The van der Waals surface area contributed by atoms with E-state index < -0.39 is 9.84 Å². The van der Waals surface area contributed by atoms with E-state index in [1.807, 2.05) is 30.3 Å².